The Kier molecular flexibility index (Phi) is 16.2. The lowest BCUT2D eigenvalue weighted by Crippen LogP contribution is -2.20. The number of hydroxylamine groups is 2. The van der Waals surface area contributed by atoms with Gasteiger partial charge in [-0.25, -0.2) is 21.8 Å². The molecule has 0 spiro atoms. The van der Waals surface area contributed by atoms with Crippen molar-refractivity contribution in [1.29, 1.82) is 0 Å². The van der Waals surface area contributed by atoms with E-state index >= 15 is 0 Å². The number of ether oxygens (including phenoxy) is 2. The molecule has 276 valence electrons. The summed E-state index contributed by atoms with van der Waals surface area (Å²) >= 11 is 0. The fraction of sp³-hybridized carbons (Fsp3) is 0.231. The molecule has 0 aliphatic carbocycles. The molecule has 6 N–H and O–H groups in total. The lowest BCUT2D eigenvalue weighted by Gasteiger charge is -2.07. The van der Waals surface area contributed by atoms with E-state index in [1.807, 2.05) is 48.5 Å². The second kappa shape index (κ2) is 21.8. The summed E-state index contributed by atoms with van der Waals surface area (Å²) in [5, 5.41) is 25.3. The monoisotopic (exact) mass is 722 g/mol. The smallest absolute Gasteiger partial charge is 0.274 e. The zero-order chi connectivity index (χ0) is 37.7. The zero-order valence-corrected chi connectivity index (χ0v) is 29.0. The first-order chi connectivity index (χ1) is 25.9. The normalized spacial score (nSPS) is 10.9. The Labute approximate surface area is 306 Å². The largest absolute Gasteiger partial charge is 0.494 e. The molecule has 0 aromatic heterocycles. The predicted octanol–water partition coefficient (Wildman–Crippen LogP) is 5.64. The molecule has 4 aromatic rings. The van der Waals surface area contributed by atoms with E-state index in [4.69, 9.17) is 19.9 Å². The van der Waals surface area contributed by atoms with Crippen LogP contribution in [-0.4, -0.2) is 59.7 Å². The SMILES string of the molecule is O=C(NO)c1ccc(C(=O)N/N=C/c2ccc(OCCCCCCCCCOc3ccc(/C=N/NC(=O)c4ccc(C(=O)NO)cc4)cc3)cc2)cc1. The first-order valence-corrected chi connectivity index (χ1v) is 17.1. The van der Waals surface area contributed by atoms with Gasteiger partial charge in [0, 0.05) is 22.3 Å². The van der Waals surface area contributed by atoms with Crippen LogP contribution in [0.4, 0.5) is 0 Å². The summed E-state index contributed by atoms with van der Waals surface area (Å²) < 4.78 is 11.7. The van der Waals surface area contributed by atoms with Gasteiger partial charge in [0.2, 0.25) is 0 Å². The van der Waals surface area contributed by atoms with E-state index in [9.17, 15) is 19.2 Å². The van der Waals surface area contributed by atoms with Crippen LogP contribution in [0.2, 0.25) is 0 Å². The maximum absolute atomic E-state index is 12.2. The average molecular weight is 723 g/mol. The van der Waals surface area contributed by atoms with E-state index in [1.54, 1.807) is 0 Å². The van der Waals surface area contributed by atoms with Crippen LogP contribution in [0.3, 0.4) is 0 Å². The van der Waals surface area contributed by atoms with Crippen molar-refractivity contribution in [1.82, 2.24) is 21.8 Å². The molecule has 53 heavy (non-hydrogen) atoms. The van der Waals surface area contributed by atoms with Gasteiger partial charge in [-0.2, -0.15) is 10.2 Å². The van der Waals surface area contributed by atoms with Crippen molar-refractivity contribution in [3.05, 3.63) is 130 Å². The molecule has 0 atom stereocenters. The third kappa shape index (κ3) is 13.7. The number of amides is 4. The zero-order valence-electron chi connectivity index (χ0n) is 29.0. The summed E-state index contributed by atoms with van der Waals surface area (Å²) in [6.45, 7) is 1.28. The molecule has 0 bridgehead atoms. The molecule has 0 radical (unpaired) electrons. The summed E-state index contributed by atoms with van der Waals surface area (Å²) in [5.74, 6) is -0.644. The minimum Gasteiger partial charge on any atom is -0.494 e. The highest BCUT2D eigenvalue weighted by atomic mass is 16.5. The van der Waals surface area contributed by atoms with Crippen molar-refractivity contribution in [2.24, 2.45) is 10.2 Å². The third-order valence-electron chi connectivity index (χ3n) is 7.87. The van der Waals surface area contributed by atoms with Crippen molar-refractivity contribution >= 4 is 36.1 Å². The lowest BCUT2D eigenvalue weighted by molar-refractivity contribution is 0.0702. The Hall–Kier alpha value is -6.38. The highest BCUT2D eigenvalue weighted by Gasteiger charge is 2.09. The van der Waals surface area contributed by atoms with Crippen LogP contribution in [0.1, 0.15) is 97.5 Å². The van der Waals surface area contributed by atoms with Gasteiger partial charge in [0.25, 0.3) is 23.6 Å². The maximum atomic E-state index is 12.2. The second-order valence-corrected chi connectivity index (χ2v) is 11.7. The maximum Gasteiger partial charge on any atom is 0.274 e. The first kappa shape index (κ1) is 39.4. The van der Waals surface area contributed by atoms with Crippen molar-refractivity contribution in [2.75, 3.05) is 13.2 Å². The number of rotatable bonds is 20. The van der Waals surface area contributed by atoms with Crippen molar-refractivity contribution in [3.8, 4) is 11.5 Å². The predicted molar refractivity (Wildman–Crippen MR) is 198 cm³/mol. The van der Waals surface area contributed by atoms with Crippen LogP contribution in [0.5, 0.6) is 11.5 Å². The minimum absolute atomic E-state index is 0.226. The van der Waals surface area contributed by atoms with Crippen LogP contribution < -0.4 is 31.3 Å². The Balaban J connectivity index is 0.989. The van der Waals surface area contributed by atoms with Gasteiger partial charge in [-0.05, 0) is 121 Å². The van der Waals surface area contributed by atoms with Gasteiger partial charge in [-0.3, -0.25) is 29.6 Å². The molecule has 0 fully saturated rings. The van der Waals surface area contributed by atoms with Gasteiger partial charge < -0.3 is 9.47 Å². The molecule has 0 saturated heterocycles. The summed E-state index contributed by atoms with van der Waals surface area (Å²) in [6.07, 6.45) is 10.6. The molecule has 14 nitrogen and oxygen atoms in total. The number of nitrogens with one attached hydrogen (secondary N) is 4. The molecule has 4 aromatic carbocycles. The number of hydrogen-bond acceptors (Lipinski definition) is 10. The molecule has 4 amide bonds. The molecule has 0 unspecified atom stereocenters. The lowest BCUT2D eigenvalue weighted by atomic mass is 10.1. The van der Waals surface area contributed by atoms with Crippen molar-refractivity contribution < 1.29 is 39.1 Å². The van der Waals surface area contributed by atoms with Gasteiger partial charge in [0.15, 0.2) is 0 Å². The number of unbranched alkanes of at least 4 members (excludes halogenated alkanes) is 6. The van der Waals surface area contributed by atoms with E-state index < -0.39 is 23.6 Å². The number of carbonyl (C=O) groups excluding carboxylic acids is 4. The number of carbonyl (C=O) groups is 4. The molecule has 0 aliphatic heterocycles. The van der Waals surface area contributed by atoms with E-state index in [0.717, 1.165) is 67.6 Å². The van der Waals surface area contributed by atoms with E-state index in [0.29, 0.717) is 24.3 Å². The molecular formula is C39H42N6O8. The standard InChI is InChI=1S/C39H42N6O8/c46-36(30-12-16-32(17-13-30)38(48)44-50)42-40-26-28-8-20-34(21-9-28)52-24-6-4-2-1-3-5-7-25-53-35-22-10-29(11-23-35)27-41-43-37(47)31-14-18-33(19-15-31)39(49)45-51/h8-23,26-27,50-51H,1-7,24-25H2,(H,42,46)(H,43,47)(H,44,48)(H,45,49)/b40-26+,41-27+. The highest BCUT2D eigenvalue weighted by Crippen LogP contribution is 2.15. The Morgan fingerprint density at radius 3 is 1.08 bits per heavy atom. The van der Waals surface area contributed by atoms with Crippen molar-refractivity contribution in [3.63, 3.8) is 0 Å². The van der Waals surface area contributed by atoms with Gasteiger partial charge in [0.1, 0.15) is 11.5 Å². The van der Waals surface area contributed by atoms with Crippen molar-refractivity contribution in [2.45, 2.75) is 44.9 Å². The third-order valence-corrected chi connectivity index (χ3v) is 7.87. The van der Waals surface area contributed by atoms with Crippen LogP contribution in [0, 0.1) is 0 Å². The Morgan fingerprint density at radius 1 is 0.453 bits per heavy atom. The summed E-state index contributed by atoms with van der Waals surface area (Å²) in [7, 11) is 0. The van der Waals surface area contributed by atoms with Gasteiger partial charge in [-0.1, -0.05) is 32.1 Å². The molecule has 0 heterocycles. The topological polar surface area (TPSA) is 200 Å². The Morgan fingerprint density at radius 2 is 0.755 bits per heavy atom. The van der Waals surface area contributed by atoms with Gasteiger partial charge >= 0.3 is 0 Å². The fourth-order valence-corrected chi connectivity index (χ4v) is 4.90. The molecule has 0 aliphatic rings. The fourth-order valence-electron chi connectivity index (χ4n) is 4.90. The second-order valence-electron chi connectivity index (χ2n) is 11.7. The first-order valence-electron chi connectivity index (χ1n) is 17.1. The quantitative estimate of drug-likeness (QED) is 0.0291. The summed E-state index contributed by atoms with van der Waals surface area (Å²) in [4.78, 5) is 47.2. The van der Waals surface area contributed by atoms with Crippen LogP contribution in [0.15, 0.2) is 107 Å². The highest BCUT2D eigenvalue weighted by molar-refractivity contribution is 5.98. The number of nitrogens with zero attached hydrogens (tertiary/aromatic N) is 2. The van der Waals surface area contributed by atoms with Crippen LogP contribution in [0.25, 0.3) is 0 Å². The average Bonchev–Trinajstić information content (AvgIpc) is 3.20. The number of hydrogen-bond donors (Lipinski definition) is 6. The molecular weight excluding hydrogens is 680 g/mol. The van der Waals surface area contributed by atoms with Crippen LogP contribution >= 0.6 is 0 Å². The van der Waals surface area contributed by atoms with E-state index in [1.165, 1.54) is 71.9 Å². The summed E-state index contributed by atoms with van der Waals surface area (Å²) in [6, 6.07) is 26.4. The van der Waals surface area contributed by atoms with E-state index in [2.05, 4.69) is 21.1 Å². The van der Waals surface area contributed by atoms with Crippen LogP contribution in [-0.2, 0) is 0 Å². The van der Waals surface area contributed by atoms with Gasteiger partial charge in [-0.15, -0.1) is 0 Å². The molecule has 4 rings (SSSR count). The molecule has 0 saturated carbocycles. The Bertz CT molecular complexity index is 1690. The van der Waals surface area contributed by atoms with E-state index in [-0.39, 0.29) is 11.1 Å². The number of benzene rings is 4. The molecule has 14 heteroatoms. The van der Waals surface area contributed by atoms with Gasteiger partial charge in [0.05, 0.1) is 25.6 Å². The summed E-state index contributed by atoms with van der Waals surface area (Å²) in [5.41, 5.74) is 10.6. The minimum atomic E-state index is -0.659. The number of hydrazone groups is 2.